The van der Waals surface area contributed by atoms with E-state index in [2.05, 4.69) is 22.5 Å². The highest BCUT2D eigenvalue weighted by atomic mass is 16.5. The molecule has 2 aromatic carbocycles. The van der Waals surface area contributed by atoms with E-state index in [1.807, 2.05) is 53.2 Å². The van der Waals surface area contributed by atoms with Gasteiger partial charge in [0, 0.05) is 12.5 Å². The number of aromatic nitrogens is 2. The Balaban J connectivity index is 1.37. The maximum absolute atomic E-state index is 12.4. The highest BCUT2D eigenvalue weighted by Crippen LogP contribution is 2.31. The van der Waals surface area contributed by atoms with Crippen LogP contribution >= 0.6 is 0 Å². The molecule has 0 unspecified atom stereocenters. The third kappa shape index (κ3) is 4.42. The molecule has 0 aliphatic heterocycles. The first-order valence-corrected chi connectivity index (χ1v) is 9.87. The molecule has 0 saturated heterocycles. The molecular weight excluding hydrogens is 350 g/mol. The lowest BCUT2D eigenvalue weighted by Gasteiger charge is -2.15. The van der Waals surface area contributed by atoms with Crippen LogP contribution in [0.3, 0.4) is 0 Å². The van der Waals surface area contributed by atoms with Gasteiger partial charge in [-0.2, -0.15) is 5.10 Å². The SMILES string of the molecule is O=C(COc1ccccc1Cc1ccccc1)Nc1ccnn1C1CCCC1. The summed E-state index contributed by atoms with van der Waals surface area (Å²) < 4.78 is 7.78. The lowest BCUT2D eigenvalue weighted by molar-refractivity contribution is -0.118. The molecule has 1 aliphatic rings. The Hall–Kier alpha value is -3.08. The molecule has 1 N–H and O–H groups in total. The van der Waals surface area contributed by atoms with E-state index in [0.717, 1.165) is 36.4 Å². The molecule has 1 aromatic heterocycles. The predicted octanol–water partition coefficient (Wildman–Crippen LogP) is 4.61. The van der Waals surface area contributed by atoms with Gasteiger partial charge >= 0.3 is 0 Å². The highest BCUT2D eigenvalue weighted by molar-refractivity contribution is 5.91. The summed E-state index contributed by atoms with van der Waals surface area (Å²) in [6.45, 7) is -0.0261. The van der Waals surface area contributed by atoms with Gasteiger partial charge in [0.25, 0.3) is 5.91 Å². The van der Waals surface area contributed by atoms with Gasteiger partial charge in [-0.25, -0.2) is 4.68 Å². The third-order valence-corrected chi connectivity index (χ3v) is 5.18. The summed E-state index contributed by atoms with van der Waals surface area (Å²) in [6, 6.07) is 20.3. The third-order valence-electron chi connectivity index (χ3n) is 5.18. The number of rotatable bonds is 7. The zero-order valence-electron chi connectivity index (χ0n) is 15.9. The van der Waals surface area contributed by atoms with Crippen LogP contribution in [0.25, 0.3) is 0 Å². The van der Waals surface area contributed by atoms with Crippen molar-refractivity contribution in [3.05, 3.63) is 78.0 Å². The van der Waals surface area contributed by atoms with Crippen LogP contribution in [-0.4, -0.2) is 22.3 Å². The Labute approximate surface area is 165 Å². The molecule has 5 heteroatoms. The normalized spacial score (nSPS) is 14.1. The van der Waals surface area contributed by atoms with Crippen molar-refractivity contribution in [2.45, 2.75) is 38.1 Å². The van der Waals surface area contributed by atoms with Gasteiger partial charge in [0.1, 0.15) is 11.6 Å². The smallest absolute Gasteiger partial charge is 0.263 e. The number of benzene rings is 2. The lowest BCUT2D eigenvalue weighted by Crippen LogP contribution is -2.23. The van der Waals surface area contributed by atoms with Crippen LogP contribution < -0.4 is 10.1 Å². The second kappa shape index (κ2) is 8.74. The fourth-order valence-corrected chi connectivity index (χ4v) is 3.78. The van der Waals surface area contributed by atoms with Crippen LogP contribution in [0.1, 0.15) is 42.9 Å². The summed E-state index contributed by atoms with van der Waals surface area (Å²) in [5, 5.41) is 7.33. The lowest BCUT2D eigenvalue weighted by atomic mass is 10.0. The van der Waals surface area contributed by atoms with Crippen LogP contribution in [-0.2, 0) is 11.2 Å². The van der Waals surface area contributed by atoms with E-state index in [-0.39, 0.29) is 12.5 Å². The molecule has 1 aliphatic carbocycles. The number of carbonyl (C=O) groups is 1. The van der Waals surface area contributed by atoms with E-state index < -0.39 is 0 Å². The maximum Gasteiger partial charge on any atom is 0.263 e. The number of nitrogens with one attached hydrogen (secondary N) is 1. The van der Waals surface area contributed by atoms with Crippen molar-refractivity contribution in [3.8, 4) is 5.75 Å². The van der Waals surface area contributed by atoms with Gasteiger partial charge in [0.05, 0.1) is 12.2 Å². The molecule has 5 nitrogen and oxygen atoms in total. The molecule has 1 heterocycles. The standard InChI is InChI=1S/C23H25N3O2/c27-23(25-22-14-15-24-26(22)20-11-5-6-12-20)17-28-21-13-7-4-10-19(21)16-18-8-2-1-3-9-18/h1-4,7-10,13-15,20H,5-6,11-12,16-17H2,(H,25,27). The van der Waals surface area contributed by atoms with Gasteiger partial charge in [0.15, 0.2) is 6.61 Å². The Morgan fingerprint density at radius 3 is 2.61 bits per heavy atom. The molecule has 1 amide bonds. The van der Waals surface area contributed by atoms with Crippen molar-refractivity contribution in [1.82, 2.24) is 9.78 Å². The van der Waals surface area contributed by atoms with E-state index >= 15 is 0 Å². The number of para-hydroxylation sites is 1. The molecule has 28 heavy (non-hydrogen) atoms. The first-order valence-electron chi connectivity index (χ1n) is 9.87. The Bertz CT molecular complexity index is 914. The van der Waals surface area contributed by atoms with Crippen LogP contribution in [0.2, 0.25) is 0 Å². The van der Waals surface area contributed by atoms with Crippen molar-refractivity contribution in [2.75, 3.05) is 11.9 Å². The highest BCUT2D eigenvalue weighted by Gasteiger charge is 2.20. The molecule has 1 fully saturated rings. The summed E-state index contributed by atoms with van der Waals surface area (Å²) in [6.07, 6.45) is 7.19. The van der Waals surface area contributed by atoms with Gasteiger partial charge in [-0.15, -0.1) is 0 Å². The molecule has 0 atom stereocenters. The predicted molar refractivity (Wildman–Crippen MR) is 110 cm³/mol. The minimum atomic E-state index is -0.172. The van der Waals surface area contributed by atoms with Gasteiger partial charge in [-0.3, -0.25) is 4.79 Å². The molecule has 3 aromatic rings. The van der Waals surface area contributed by atoms with E-state index in [0.29, 0.717) is 6.04 Å². The summed E-state index contributed by atoms with van der Waals surface area (Å²) in [4.78, 5) is 12.4. The van der Waals surface area contributed by atoms with Crippen molar-refractivity contribution in [2.24, 2.45) is 0 Å². The molecule has 0 radical (unpaired) electrons. The Morgan fingerprint density at radius 2 is 1.79 bits per heavy atom. The molecule has 144 valence electrons. The second-order valence-corrected chi connectivity index (χ2v) is 7.21. The molecule has 0 spiro atoms. The molecule has 0 bridgehead atoms. The number of anilines is 1. The summed E-state index contributed by atoms with van der Waals surface area (Å²) >= 11 is 0. The van der Waals surface area contributed by atoms with Gasteiger partial charge in [-0.1, -0.05) is 61.4 Å². The quantitative estimate of drug-likeness (QED) is 0.656. The Kier molecular flexibility index (Phi) is 5.71. The average molecular weight is 375 g/mol. The number of ether oxygens (including phenoxy) is 1. The minimum Gasteiger partial charge on any atom is -0.483 e. The van der Waals surface area contributed by atoms with Crippen molar-refractivity contribution in [3.63, 3.8) is 0 Å². The van der Waals surface area contributed by atoms with Gasteiger partial charge in [-0.05, 0) is 30.0 Å². The van der Waals surface area contributed by atoms with E-state index in [1.54, 1.807) is 6.20 Å². The number of nitrogens with zero attached hydrogens (tertiary/aromatic N) is 2. The van der Waals surface area contributed by atoms with Gasteiger partial charge in [0.2, 0.25) is 0 Å². The number of hydrogen-bond donors (Lipinski definition) is 1. The number of hydrogen-bond acceptors (Lipinski definition) is 3. The van der Waals surface area contributed by atoms with E-state index in [1.165, 1.54) is 18.4 Å². The van der Waals surface area contributed by atoms with Crippen LogP contribution in [0, 0.1) is 0 Å². The summed E-state index contributed by atoms with van der Waals surface area (Å²) in [7, 11) is 0. The van der Waals surface area contributed by atoms with Crippen LogP contribution in [0.4, 0.5) is 5.82 Å². The molecule has 1 saturated carbocycles. The first kappa shape index (κ1) is 18.3. The molecule has 4 rings (SSSR count). The van der Waals surface area contributed by atoms with Crippen molar-refractivity contribution >= 4 is 11.7 Å². The van der Waals surface area contributed by atoms with Crippen LogP contribution in [0.15, 0.2) is 66.9 Å². The number of amides is 1. The molecular formula is C23H25N3O2. The first-order chi connectivity index (χ1) is 13.8. The zero-order chi connectivity index (χ0) is 19.2. The topological polar surface area (TPSA) is 56.1 Å². The monoisotopic (exact) mass is 375 g/mol. The Morgan fingerprint density at radius 1 is 1.04 bits per heavy atom. The van der Waals surface area contributed by atoms with Crippen molar-refractivity contribution in [1.29, 1.82) is 0 Å². The summed E-state index contributed by atoms with van der Waals surface area (Å²) in [5.74, 6) is 1.32. The number of carbonyl (C=O) groups excluding carboxylic acids is 1. The fourth-order valence-electron chi connectivity index (χ4n) is 3.78. The van der Waals surface area contributed by atoms with E-state index in [9.17, 15) is 4.79 Å². The maximum atomic E-state index is 12.4. The zero-order valence-corrected chi connectivity index (χ0v) is 15.9. The van der Waals surface area contributed by atoms with Crippen LogP contribution in [0.5, 0.6) is 5.75 Å². The largest absolute Gasteiger partial charge is 0.483 e. The fraction of sp³-hybridized carbons (Fsp3) is 0.304. The average Bonchev–Trinajstić information content (AvgIpc) is 3.40. The summed E-state index contributed by atoms with van der Waals surface area (Å²) in [5.41, 5.74) is 2.28. The minimum absolute atomic E-state index is 0.0261. The second-order valence-electron chi connectivity index (χ2n) is 7.21. The van der Waals surface area contributed by atoms with Crippen molar-refractivity contribution < 1.29 is 9.53 Å². The van der Waals surface area contributed by atoms with E-state index in [4.69, 9.17) is 4.74 Å². The van der Waals surface area contributed by atoms with Gasteiger partial charge < -0.3 is 10.1 Å².